The molecule has 1 amide bonds. The van der Waals surface area contributed by atoms with Crippen LogP contribution in [0.2, 0.25) is 5.02 Å². The van der Waals surface area contributed by atoms with Crippen LogP contribution in [0.1, 0.15) is 10.4 Å². The Bertz CT molecular complexity index is 938. The molecule has 1 unspecified atom stereocenters. The Morgan fingerprint density at radius 2 is 1.73 bits per heavy atom. The fourth-order valence-corrected chi connectivity index (χ4v) is 3.29. The molecule has 0 aliphatic carbocycles. The third-order valence-corrected chi connectivity index (χ3v) is 5.09. The summed E-state index contributed by atoms with van der Waals surface area (Å²) < 4.78 is 59.2. The number of hydrazine groups is 1. The number of nitrogens with zero attached hydrogens (tertiary/aromatic N) is 2. The van der Waals surface area contributed by atoms with Crippen LogP contribution in [0, 0.1) is 5.82 Å². The van der Waals surface area contributed by atoms with Crippen molar-refractivity contribution in [2.75, 3.05) is 39.3 Å². The number of aliphatic hydroxyl groups is 1. The summed E-state index contributed by atoms with van der Waals surface area (Å²) in [6.07, 6.45) is -5.60. The minimum Gasteiger partial charge on any atom is -0.491 e. The first-order chi connectivity index (χ1) is 15.6. The summed E-state index contributed by atoms with van der Waals surface area (Å²) in [5.41, 5.74) is 2.90. The summed E-state index contributed by atoms with van der Waals surface area (Å²) in [4.78, 5) is 14.3. The Balaban J connectivity index is 1.38. The zero-order chi connectivity index (χ0) is 24.0. The van der Waals surface area contributed by atoms with Gasteiger partial charge < -0.3 is 14.6 Å². The van der Waals surface area contributed by atoms with Gasteiger partial charge in [0.2, 0.25) is 0 Å². The van der Waals surface area contributed by atoms with E-state index in [2.05, 4.69) is 10.2 Å². The summed E-state index contributed by atoms with van der Waals surface area (Å²) in [6, 6.07) is 8.66. The maximum absolute atomic E-state index is 13.4. The number of rotatable bonds is 8. The molecule has 1 atom stereocenters. The average Bonchev–Trinajstić information content (AvgIpc) is 2.75. The molecule has 2 aromatic rings. The van der Waals surface area contributed by atoms with Crippen molar-refractivity contribution in [3.05, 3.63) is 58.9 Å². The molecule has 1 aliphatic heterocycles. The van der Waals surface area contributed by atoms with Gasteiger partial charge in [-0.15, -0.1) is 13.2 Å². The van der Waals surface area contributed by atoms with Crippen molar-refractivity contribution in [3.8, 4) is 11.5 Å². The fraction of sp³-hybridized carbons (Fsp3) is 0.381. The monoisotopic (exact) mass is 491 g/mol. The molecule has 1 saturated heterocycles. The zero-order valence-corrected chi connectivity index (χ0v) is 18.1. The quantitative estimate of drug-likeness (QED) is 0.553. The van der Waals surface area contributed by atoms with Gasteiger partial charge in [-0.05, 0) is 36.4 Å². The van der Waals surface area contributed by atoms with E-state index in [0.717, 1.165) is 18.2 Å². The van der Waals surface area contributed by atoms with Gasteiger partial charge in [-0.25, -0.2) is 9.40 Å². The smallest absolute Gasteiger partial charge is 0.491 e. The summed E-state index contributed by atoms with van der Waals surface area (Å²) in [5, 5.41) is 11.9. The lowest BCUT2D eigenvalue weighted by molar-refractivity contribution is -0.274. The van der Waals surface area contributed by atoms with Crippen LogP contribution in [0.4, 0.5) is 17.6 Å². The van der Waals surface area contributed by atoms with Crippen LogP contribution in [-0.2, 0) is 0 Å². The molecule has 12 heteroatoms. The molecule has 0 saturated carbocycles. The third-order valence-electron chi connectivity index (χ3n) is 4.78. The topological polar surface area (TPSA) is 74.3 Å². The van der Waals surface area contributed by atoms with E-state index in [1.165, 1.54) is 24.3 Å². The molecule has 33 heavy (non-hydrogen) atoms. The largest absolute Gasteiger partial charge is 0.573 e. The van der Waals surface area contributed by atoms with Crippen molar-refractivity contribution in [2.45, 2.75) is 12.5 Å². The van der Waals surface area contributed by atoms with Gasteiger partial charge in [0.1, 0.15) is 30.0 Å². The first-order valence-corrected chi connectivity index (χ1v) is 10.4. The van der Waals surface area contributed by atoms with Crippen LogP contribution in [0.5, 0.6) is 11.5 Å². The highest BCUT2D eigenvalue weighted by Gasteiger charge is 2.31. The van der Waals surface area contributed by atoms with Crippen LogP contribution in [-0.4, -0.2) is 72.7 Å². The first-order valence-electron chi connectivity index (χ1n) is 9.99. The third kappa shape index (κ3) is 8.04. The van der Waals surface area contributed by atoms with E-state index in [4.69, 9.17) is 16.3 Å². The molecule has 0 aromatic heterocycles. The van der Waals surface area contributed by atoms with Gasteiger partial charge in [0.05, 0.1) is 5.02 Å². The number of amides is 1. The highest BCUT2D eigenvalue weighted by Crippen LogP contribution is 2.23. The van der Waals surface area contributed by atoms with Crippen LogP contribution < -0.4 is 14.9 Å². The van der Waals surface area contributed by atoms with Gasteiger partial charge in [0.25, 0.3) is 5.91 Å². The van der Waals surface area contributed by atoms with Crippen molar-refractivity contribution < 1.29 is 36.9 Å². The Morgan fingerprint density at radius 3 is 2.33 bits per heavy atom. The number of aliphatic hydroxyl groups excluding tert-OH is 1. The number of benzene rings is 2. The zero-order valence-electron chi connectivity index (χ0n) is 17.3. The van der Waals surface area contributed by atoms with Crippen LogP contribution in [0.25, 0.3) is 0 Å². The minimum absolute atomic E-state index is 0.0136. The van der Waals surface area contributed by atoms with E-state index in [-0.39, 0.29) is 22.9 Å². The number of carbonyl (C=O) groups is 1. The van der Waals surface area contributed by atoms with Gasteiger partial charge in [-0.2, -0.15) is 0 Å². The van der Waals surface area contributed by atoms with Crippen molar-refractivity contribution in [2.24, 2.45) is 0 Å². The molecule has 2 aromatic carbocycles. The summed E-state index contributed by atoms with van der Waals surface area (Å²) in [6.45, 7) is 2.40. The Hall–Kier alpha value is -2.60. The highest BCUT2D eigenvalue weighted by molar-refractivity contribution is 6.30. The SMILES string of the molecule is O=C(NN1CCN(CC(O)COc2ccc(Cl)c(F)c2)CC1)c1ccc(OC(F)(F)F)cc1. The van der Waals surface area contributed by atoms with Crippen LogP contribution in [0.3, 0.4) is 0 Å². The number of nitrogens with one attached hydrogen (secondary N) is 1. The molecule has 2 N–H and O–H groups in total. The Kier molecular flexibility index (Phi) is 8.35. The van der Waals surface area contributed by atoms with Crippen LogP contribution >= 0.6 is 11.6 Å². The number of hydrogen-bond donors (Lipinski definition) is 2. The normalized spacial score (nSPS) is 16.3. The van der Waals surface area contributed by atoms with Crippen molar-refractivity contribution in [1.29, 1.82) is 0 Å². The molecule has 1 aliphatic rings. The summed E-state index contributed by atoms with van der Waals surface area (Å²) in [5.74, 6) is -1.20. The van der Waals surface area contributed by atoms with Crippen molar-refractivity contribution in [3.63, 3.8) is 0 Å². The van der Waals surface area contributed by atoms with Gasteiger partial charge >= 0.3 is 6.36 Å². The lowest BCUT2D eigenvalue weighted by Gasteiger charge is -2.35. The van der Waals surface area contributed by atoms with E-state index in [0.29, 0.717) is 32.7 Å². The van der Waals surface area contributed by atoms with E-state index < -0.39 is 29.9 Å². The Labute approximate surface area is 192 Å². The average molecular weight is 492 g/mol. The molecule has 1 heterocycles. The molecule has 0 radical (unpaired) electrons. The predicted molar refractivity (Wildman–Crippen MR) is 112 cm³/mol. The number of carbonyl (C=O) groups excluding carboxylic acids is 1. The number of ether oxygens (including phenoxy) is 2. The summed E-state index contributed by atoms with van der Waals surface area (Å²) >= 11 is 5.62. The fourth-order valence-electron chi connectivity index (χ4n) is 3.17. The van der Waals surface area contributed by atoms with E-state index in [1.807, 2.05) is 4.90 Å². The van der Waals surface area contributed by atoms with Crippen LogP contribution in [0.15, 0.2) is 42.5 Å². The molecular weight excluding hydrogens is 470 g/mol. The predicted octanol–water partition coefficient (Wildman–Crippen LogP) is 3.08. The van der Waals surface area contributed by atoms with E-state index in [1.54, 1.807) is 5.01 Å². The van der Waals surface area contributed by atoms with E-state index in [9.17, 15) is 27.5 Å². The number of halogens is 5. The standard InChI is InChI=1S/C21H22ClF4N3O4/c22-18-6-5-17(11-19(18)23)32-13-15(30)12-28-7-9-29(10-8-28)27-20(31)14-1-3-16(4-2-14)33-21(24,25)26/h1-6,11,15,30H,7-10,12-13H2,(H,27,31). The number of piperazine rings is 1. The van der Waals surface area contributed by atoms with Gasteiger partial charge in [-0.3, -0.25) is 15.1 Å². The lowest BCUT2D eigenvalue weighted by atomic mass is 10.2. The maximum atomic E-state index is 13.4. The number of β-amino-alcohol motifs (C(OH)–C–C–N with tert-alkyl or cyclic N) is 1. The summed E-state index contributed by atoms with van der Waals surface area (Å²) in [7, 11) is 0. The molecule has 7 nitrogen and oxygen atoms in total. The number of hydrogen-bond acceptors (Lipinski definition) is 6. The van der Waals surface area contributed by atoms with E-state index >= 15 is 0 Å². The van der Waals surface area contributed by atoms with Gasteiger partial charge in [0.15, 0.2) is 0 Å². The van der Waals surface area contributed by atoms with Gasteiger partial charge in [-0.1, -0.05) is 11.6 Å². The molecule has 0 spiro atoms. The second-order valence-corrected chi connectivity index (χ2v) is 7.75. The molecular formula is C21H22ClF4N3O4. The molecule has 3 rings (SSSR count). The van der Waals surface area contributed by atoms with Gasteiger partial charge in [0, 0.05) is 44.4 Å². The first kappa shape index (κ1) is 25.0. The minimum atomic E-state index is -4.79. The number of alkyl halides is 3. The maximum Gasteiger partial charge on any atom is 0.573 e. The molecule has 180 valence electrons. The lowest BCUT2D eigenvalue weighted by Crippen LogP contribution is -2.54. The highest BCUT2D eigenvalue weighted by atomic mass is 35.5. The van der Waals surface area contributed by atoms with Crippen molar-refractivity contribution in [1.82, 2.24) is 15.3 Å². The van der Waals surface area contributed by atoms with Crippen molar-refractivity contribution >= 4 is 17.5 Å². The molecule has 1 fully saturated rings. The second kappa shape index (κ2) is 11.0. The molecule has 0 bridgehead atoms. The Morgan fingerprint density at radius 1 is 1.09 bits per heavy atom. The second-order valence-electron chi connectivity index (χ2n) is 7.34.